The Bertz CT molecular complexity index is 1610. The number of hydrogen-bond acceptors (Lipinski definition) is 5. The minimum atomic E-state index is -0.700. The van der Waals surface area contributed by atoms with Gasteiger partial charge in [-0.15, -0.1) is 0 Å². The Morgan fingerprint density at radius 1 is 0.861 bits per heavy atom. The Hall–Kier alpha value is -4.79. The van der Waals surface area contributed by atoms with Crippen LogP contribution in [0.25, 0.3) is 10.9 Å². The molecule has 0 bridgehead atoms. The minimum Gasteiger partial charge on any atom is -0.353 e. The Labute approximate surface area is 205 Å². The van der Waals surface area contributed by atoms with Crippen LogP contribution in [-0.2, 0) is 11.3 Å². The van der Waals surface area contributed by atoms with Crippen molar-refractivity contribution in [3.63, 3.8) is 0 Å². The van der Waals surface area contributed by atoms with Gasteiger partial charge in [-0.05, 0) is 30.3 Å². The zero-order valence-corrected chi connectivity index (χ0v) is 19.1. The van der Waals surface area contributed by atoms with Crippen molar-refractivity contribution >= 4 is 34.3 Å². The van der Waals surface area contributed by atoms with Gasteiger partial charge in [-0.2, -0.15) is 0 Å². The standard InChI is InChI=1S/C27H21N5O4/c33-23(28-13-14-30-16-29-21-11-5-3-9-19(21)25(30)34)15-31-24-17-7-1-2-8-18(17)27(36)32(24)22-12-6-4-10-20(22)26(31)35/h1-12,16,24H,13-15H2,(H,28,33)/t24-/m0/s1. The Balaban J connectivity index is 1.22. The second kappa shape index (κ2) is 8.46. The lowest BCUT2D eigenvalue weighted by Gasteiger charge is -2.40. The normalized spacial score (nSPS) is 16.1. The number of carbonyl (C=O) groups is 3. The van der Waals surface area contributed by atoms with Crippen LogP contribution in [0, 0.1) is 0 Å². The van der Waals surface area contributed by atoms with Gasteiger partial charge in [0.1, 0.15) is 12.7 Å². The van der Waals surface area contributed by atoms with Gasteiger partial charge < -0.3 is 10.2 Å². The third-order valence-corrected chi connectivity index (χ3v) is 6.60. The van der Waals surface area contributed by atoms with Gasteiger partial charge in [-0.1, -0.05) is 42.5 Å². The van der Waals surface area contributed by atoms with Crippen LogP contribution >= 0.6 is 0 Å². The van der Waals surface area contributed by atoms with E-state index in [2.05, 4.69) is 10.3 Å². The summed E-state index contributed by atoms with van der Waals surface area (Å²) in [5.74, 6) is -0.910. The van der Waals surface area contributed by atoms with Crippen LogP contribution in [-0.4, -0.2) is 45.3 Å². The number of nitrogens with zero attached hydrogens (tertiary/aromatic N) is 4. The molecule has 3 heterocycles. The summed E-state index contributed by atoms with van der Waals surface area (Å²) in [6.07, 6.45) is 0.759. The lowest BCUT2D eigenvalue weighted by atomic mass is 10.0. The molecule has 0 aliphatic carbocycles. The van der Waals surface area contributed by atoms with E-state index in [0.29, 0.717) is 33.3 Å². The zero-order valence-electron chi connectivity index (χ0n) is 19.1. The first-order valence-corrected chi connectivity index (χ1v) is 11.6. The lowest BCUT2D eigenvalue weighted by Crippen LogP contribution is -2.51. The molecule has 1 atom stereocenters. The number of amides is 3. The third kappa shape index (κ3) is 3.36. The largest absolute Gasteiger partial charge is 0.353 e. The molecule has 9 nitrogen and oxygen atoms in total. The van der Waals surface area contributed by atoms with Gasteiger partial charge in [0.2, 0.25) is 5.91 Å². The topological polar surface area (TPSA) is 105 Å². The van der Waals surface area contributed by atoms with E-state index in [1.807, 2.05) is 18.2 Å². The second-order valence-corrected chi connectivity index (χ2v) is 8.70. The highest BCUT2D eigenvalue weighted by atomic mass is 16.2. The first-order valence-electron chi connectivity index (χ1n) is 11.6. The zero-order chi connectivity index (χ0) is 24.8. The predicted molar refractivity (Wildman–Crippen MR) is 132 cm³/mol. The first-order chi connectivity index (χ1) is 17.5. The second-order valence-electron chi connectivity index (χ2n) is 8.70. The van der Waals surface area contributed by atoms with Gasteiger partial charge in [0.25, 0.3) is 17.4 Å². The van der Waals surface area contributed by atoms with E-state index in [9.17, 15) is 19.2 Å². The number of aromatic nitrogens is 2. The molecule has 178 valence electrons. The molecule has 0 radical (unpaired) electrons. The molecule has 3 amide bonds. The molecule has 9 heteroatoms. The summed E-state index contributed by atoms with van der Waals surface area (Å²) in [4.78, 5) is 59.6. The fourth-order valence-electron chi connectivity index (χ4n) is 4.93. The molecular formula is C27H21N5O4. The smallest absolute Gasteiger partial charge is 0.261 e. The molecule has 2 aliphatic heterocycles. The maximum absolute atomic E-state index is 13.4. The summed E-state index contributed by atoms with van der Waals surface area (Å²) in [7, 11) is 0. The van der Waals surface area contributed by atoms with Crippen molar-refractivity contribution in [3.05, 3.63) is 106 Å². The number of fused-ring (bicyclic) bond motifs is 6. The van der Waals surface area contributed by atoms with Gasteiger partial charge in [-0.25, -0.2) is 4.98 Å². The van der Waals surface area contributed by atoms with Crippen LogP contribution in [0.4, 0.5) is 5.69 Å². The summed E-state index contributed by atoms with van der Waals surface area (Å²) in [6.45, 7) is 0.179. The SMILES string of the molecule is O=C(CN1C(=O)c2ccccc2N2C(=O)c3ccccc3[C@@H]12)NCCn1cnc2ccccc2c1=O. The minimum absolute atomic E-state index is 0.182. The van der Waals surface area contributed by atoms with Crippen LogP contribution in [0.1, 0.15) is 32.4 Å². The molecule has 0 saturated carbocycles. The lowest BCUT2D eigenvalue weighted by molar-refractivity contribution is -0.122. The molecule has 0 unspecified atom stereocenters. The van der Waals surface area contributed by atoms with Gasteiger partial charge in [0, 0.05) is 24.2 Å². The number of nitrogens with one attached hydrogen (secondary N) is 1. The predicted octanol–water partition coefficient (Wildman–Crippen LogP) is 2.33. The fourth-order valence-corrected chi connectivity index (χ4v) is 4.93. The summed E-state index contributed by atoms with van der Waals surface area (Å²) in [6, 6.07) is 21.1. The number of carbonyl (C=O) groups excluding carboxylic acids is 3. The molecule has 0 spiro atoms. The van der Waals surface area contributed by atoms with Crippen LogP contribution in [0.5, 0.6) is 0 Å². The number of rotatable bonds is 5. The molecular weight excluding hydrogens is 458 g/mol. The molecule has 36 heavy (non-hydrogen) atoms. The van der Waals surface area contributed by atoms with E-state index in [1.54, 1.807) is 59.5 Å². The van der Waals surface area contributed by atoms with Crippen molar-refractivity contribution in [3.8, 4) is 0 Å². The maximum Gasteiger partial charge on any atom is 0.261 e. The monoisotopic (exact) mass is 479 g/mol. The third-order valence-electron chi connectivity index (χ3n) is 6.60. The summed E-state index contributed by atoms with van der Waals surface area (Å²) in [5, 5.41) is 3.30. The highest BCUT2D eigenvalue weighted by molar-refractivity contribution is 6.17. The van der Waals surface area contributed by atoms with Crippen molar-refractivity contribution in [1.82, 2.24) is 19.8 Å². The highest BCUT2D eigenvalue weighted by Crippen LogP contribution is 2.44. The molecule has 1 N–H and O–H groups in total. The molecule has 0 fully saturated rings. The fraction of sp³-hybridized carbons (Fsp3) is 0.148. The van der Waals surface area contributed by atoms with Crippen molar-refractivity contribution in [1.29, 1.82) is 0 Å². The van der Waals surface area contributed by atoms with E-state index >= 15 is 0 Å². The highest BCUT2D eigenvalue weighted by Gasteiger charge is 2.47. The van der Waals surface area contributed by atoms with Crippen molar-refractivity contribution in [2.75, 3.05) is 18.0 Å². The van der Waals surface area contributed by atoms with E-state index in [4.69, 9.17) is 0 Å². The quantitative estimate of drug-likeness (QED) is 0.473. The molecule has 3 aromatic carbocycles. The number of benzene rings is 3. The molecule has 4 aromatic rings. The molecule has 6 rings (SSSR count). The summed E-state index contributed by atoms with van der Waals surface area (Å²) in [5.41, 5.74) is 2.54. The van der Waals surface area contributed by atoms with E-state index in [-0.39, 0.29) is 42.9 Å². The van der Waals surface area contributed by atoms with Crippen LogP contribution in [0.2, 0.25) is 0 Å². The van der Waals surface area contributed by atoms with E-state index in [1.165, 1.54) is 15.8 Å². The van der Waals surface area contributed by atoms with Crippen LogP contribution < -0.4 is 15.8 Å². The van der Waals surface area contributed by atoms with E-state index < -0.39 is 6.17 Å². The van der Waals surface area contributed by atoms with Crippen molar-refractivity contribution in [2.45, 2.75) is 12.7 Å². The van der Waals surface area contributed by atoms with Gasteiger partial charge in [0.15, 0.2) is 0 Å². The summed E-state index contributed by atoms with van der Waals surface area (Å²) >= 11 is 0. The Morgan fingerprint density at radius 2 is 1.58 bits per heavy atom. The van der Waals surface area contributed by atoms with Crippen molar-refractivity contribution < 1.29 is 14.4 Å². The Kier molecular flexibility index (Phi) is 5.10. The van der Waals surface area contributed by atoms with Gasteiger partial charge >= 0.3 is 0 Å². The average Bonchev–Trinajstić information content (AvgIpc) is 3.20. The maximum atomic E-state index is 13.4. The average molecular weight is 479 g/mol. The van der Waals surface area contributed by atoms with Crippen LogP contribution in [0.15, 0.2) is 83.9 Å². The number of hydrogen-bond donors (Lipinski definition) is 1. The molecule has 0 saturated heterocycles. The van der Waals surface area contributed by atoms with E-state index in [0.717, 1.165) is 0 Å². The molecule has 2 aliphatic rings. The number of anilines is 1. The number of para-hydroxylation sites is 2. The summed E-state index contributed by atoms with van der Waals surface area (Å²) < 4.78 is 1.44. The molecule has 1 aromatic heterocycles. The van der Waals surface area contributed by atoms with Gasteiger partial charge in [0.05, 0.1) is 28.5 Å². The van der Waals surface area contributed by atoms with Gasteiger partial charge in [-0.3, -0.25) is 28.6 Å². The first kappa shape index (κ1) is 21.7. The van der Waals surface area contributed by atoms with Crippen molar-refractivity contribution in [2.24, 2.45) is 0 Å². The Morgan fingerprint density at radius 3 is 2.44 bits per heavy atom. The van der Waals surface area contributed by atoms with Crippen LogP contribution in [0.3, 0.4) is 0 Å².